The summed E-state index contributed by atoms with van der Waals surface area (Å²) in [6, 6.07) is 3.60. The van der Waals surface area contributed by atoms with Gasteiger partial charge in [0.15, 0.2) is 0 Å². The van der Waals surface area contributed by atoms with Crippen LogP contribution < -0.4 is 10.8 Å². The fourth-order valence-electron chi connectivity index (χ4n) is 1.86. The minimum Gasteiger partial charge on any atom is -0.354 e. The van der Waals surface area contributed by atoms with Crippen molar-refractivity contribution in [3.8, 4) is 0 Å². The molecule has 0 atom stereocenters. The minimum absolute atomic E-state index is 0.145. The van der Waals surface area contributed by atoms with Gasteiger partial charge in [0, 0.05) is 26.1 Å². The summed E-state index contributed by atoms with van der Waals surface area (Å²) in [6.07, 6.45) is 8.82. The first-order chi connectivity index (χ1) is 14.3. The molecule has 7 nitrogen and oxygen atoms in total. The highest BCUT2D eigenvalue weighted by Gasteiger charge is 2.02. The number of amides is 2. The molecule has 0 fully saturated rings. The van der Waals surface area contributed by atoms with Crippen LogP contribution in [0.2, 0.25) is 0 Å². The Morgan fingerprint density at radius 1 is 1.00 bits per heavy atom. The van der Waals surface area contributed by atoms with Crippen LogP contribution in [0.25, 0.3) is 0 Å². The van der Waals surface area contributed by atoms with Crippen LogP contribution in [0.1, 0.15) is 102 Å². The van der Waals surface area contributed by atoms with Gasteiger partial charge in [0.1, 0.15) is 11.5 Å². The van der Waals surface area contributed by atoms with Crippen molar-refractivity contribution < 1.29 is 19.6 Å². The molecule has 0 saturated carbocycles. The average Bonchev–Trinajstić information content (AvgIpc) is 2.77. The number of rotatable bonds is 9. The lowest BCUT2D eigenvalue weighted by molar-refractivity contribution is -0.129. The van der Waals surface area contributed by atoms with Gasteiger partial charge >= 0.3 is 0 Å². The molecule has 0 aliphatic rings. The van der Waals surface area contributed by atoms with Gasteiger partial charge in [0.05, 0.1) is 0 Å². The highest BCUT2D eigenvalue weighted by atomic mass is 16.5. The Hall–Kier alpha value is -2.28. The molecule has 0 unspecified atom stereocenters. The van der Waals surface area contributed by atoms with Crippen molar-refractivity contribution in [3.63, 3.8) is 0 Å². The molecule has 1 aromatic heterocycles. The number of aromatic nitrogens is 1. The van der Waals surface area contributed by atoms with Crippen LogP contribution in [-0.2, 0) is 9.59 Å². The van der Waals surface area contributed by atoms with E-state index in [2.05, 4.69) is 24.1 Å². The normalized spacial score (nSPS) is 8.80. The van der Waals surface area contributed by atoms with Gasteiger partial charge < -0.3 is 10.1 Å². The molecule has 0 spiro atoms. The van der Waals surface area contributed by atoms with E-state index in [9.17, 15) is 14.4 Å². The number of hydrogen-bond donors (Lipinski definition) is 3. The molecule has 7 heteroatoms. The molecule has 2 amide bonds. The second-order valence-electron chi connectivity index (χ2n) is 6.45. The van der Waals surface area contributed by atoms with Gasteiger partial charge in [-0.3, -0.25) is 19.8 Å². The van der Waals surface area contributed by atoms with E-state index < -0.39 is 0 Å². The molecule has 1 heterocycles. The number of hydrogen-bond acceptors (Lipinski definition) is 5. The second-order valence-corrected chi connectivity index (χ2v) is 6.45. The third-order valence-corrected chi connectivity index (χ3v) is 3.68. The number of carbonyl (C=O) groups excluding carboxylic acids is 3. The minimum atomic E-state index is -0.341. The molecule has 174 valence electrons. The van der Waals surface area contributed by atoms with Gasteiger partial charge in [-0.2, -0.15) is 0 Å². The van der Waals surface area contributed by atoms with Gasteiger partial charge in [0.25, 0.3) is 5.91 Å². The summed E-state index contributed by atoms with van der Waals surface area (Å²) in [5.41, 5.74) is 3.09. The van der Waals surface area contributed by atoms with Crippen LogP contribution >= 0.6 is 0 Å². The first kappa shape index (κ1) is 32.4. The van der Waals surface area contributed by atoms with Gasteiger partial charge in [-0.25, -0.2) is 5.48 Å². The summed E-state index contributed by atoms with van der Waals surface area (Å²) in [5, 5.41) is 10.7. The molecule has 0 radical (unpaired) electrons. The zero-order valence-electron chi connectivity index (χ0n) is 20.0. The zero-order valence-corrected chi connectivity index (χ0v) is 20.0. The largest absolute Gasteiger partial charge is 0.354 e. The standard InChI is InChI=1S/C9H17NO3.C8H10N2O.C4H10.C2H6/c1-8(11)6-4-2-3-5-7-9(12)10-13;1-6-3-4-10-7(5-6)8(11)9-2;1-3-4-2;1-2/h13H,2-7H2,1H3,(H,10,12);3-5H,1-2H3,(H,9,11);3-4H2,1-2H3;1-2H3. The van der Waals surface area contributed by atoms with Crippen molar-refractivity contribution >= 4 is 17.6 Å². The zero-order chi connectivity index (χ0) is 23.8. The van der Waals surface area contributed by atoms with Crippen LogP contribution in [0.15, 0.2) is 18.3 Å². The smallest absolute Gasteiger partial charge is 0.269 e. The lowest BCUT2D eigenvalue weighted by Crippen LogP contribution is -2.19. The molecule has 1 rings (SSSR count). The Morgan fingerprint density at radius 2 is 1.53 bits per heavy atom. The Kier molecular flexibility index (Phi) is 26.7. The Bertz CT molecular complexity index is 561. The Balaban J connectivity index is -0.000000388. The Morgan fingerprint density at radius 3 is 1.93 bits per heavy atom. The number of aryl methyl sites for hydroxylation is 1. The molecule has 0 aliphatic heterocycles. The summed E-state index contributed by atoms with van der Waals surface area (Å²) in [6.45, 7) is 11.9. The topological polar surface area (TPSA) is 108 Å². The highest BCUT2D eigenvalue weighted by molar-refractivity contribution is 5.92. The lowest BCUT2D eigenvalue weighted by atomic mass is 10.1. The van der Waals surface area contributed by atoms with Crippen LogP contribution in [0.4, 0.5) is 0 Å². The van der Waals surface area contributed by atoms with E-state index in [0.717, 1.165) is 31.2 Å². The third-order valence-electron chi connectivity index (χ3n) is 3.68. The number of pyridine rings is 1. The maximum absolute atomic E-state index is 11.0. The first-order valence-corrected chi connectivity index (χ1v) is 10.9. The van der Waals surface area contributed by atoms with Crippen molar-refractivity contribution in [1.29, 1.82) is 0 Å². The van der Waals surface area contributed by atoms with Crippen LogP contribution in [-0.4, -0.2) is 34.8 Å². The molecule has 1 aromatic rings. The van der Waals surface area contributed by atoms with Gasteiger partial charge in [-0.1, -0.05) is 53.4 Å². The predicted molar refractivity (Wildman–Crippen MR) is 123 cm³/mol. The van der Waals surface area contributed by atoms with Crippen molar-refractivity contribution in [1.82, 2.24) is 15.8 Å². The number of hydroxylamine groups is 1. The third kappa shape index (κ3) is 23.8. The average molecular weight is 426 g/mol. The molecule has 0 saturated heterocycles. The fourth-order valence-corrected chi connectivity index (χ4v) is 1.86. The first-order valence-electron chi connectivity index (χ1n) is 10.9. The number of ketones is 1. The summed E-state index contributed by atoms with van der Waals surface area (Å²) < 4.78 is 0. The van der Waals surface area contributed by atoms with Crippen molar-refractivity contribution in [3.05, 3.63) is 29.6 Å². The number of nitrogens with one attached hydrogen (secondary N) is 2. The number of nitrogens with zero attached hydrogens (tertiary/aromatic N) is 1. The molecular weight excluding hydrogens is 382 g/mol. The number of unbranched alkanes of at least 4 members (excludes halogenated alkanes) is 4. The van der Waals surface area contributed by atoms with E-state index in [1.165, 1.54) is 12.8 Å². The van der Waals surface area contributed by atoms with Gasteiger partial charge in [0.2, 0.25) is 5.91 Å². The summed E-state index contributed by atoms with van der Waals surface area (Å²) in [5.74, 6) is -0.270. The molecule has 30 heavy (non-hydrogen) atoms. The lowest BCUT2D eigenvalue weighted by Gasteiger charge is -1.99. The molecule has 0 aliphatic carbocycles. The monoisotopic (exact) mass is 425 g/mol. The maximum Gasteiger partial charge on any atom is 0.269 e. The van der Waals surface area contributed by atoms with Crippen molar-refractivity contribution in [2.45, 2.75) is 92.9 Å². The van der Waals surface area contributed by atoms with E-state index in [1.54, 1.807) is 31.7 Å². The summed E-state index contributed by atoms with van der Waals surface area (Å²) >= 11 is 0. The number of Topliss-reactive ketones (excluding diaryl/α,β-unsaturated/α-hetero) is 1. The van der Waals surface area contributed by atoms with Crippen LogP contribution in [0, 0.1) is 6.92 Å². The van der Waals surface area contributed by atoms with Crippen molar-refractivity contribution in [2.24, 2.45) is 0 Å². The van der Waals surface area contributed by atoms with Crippen molar-refractivity contribution in [2.75, 3.05) is 7.05 Å². The number of carbonyl (C=O) groups is 3. The van der Waals surface area contributed by atoms with E-state index in [0.29, 0.717) is 18.5 Å². The fraction of sp³-hybridized carbons (Fsp3) is 0.652. The van der Waals surface area contributed by atoms with E-state index >= 15 is 0 Å². The molecule has 3 N–H and O–H groups in total. The van der Waals surface area contributed by atoms with Crippen LogP contribution in [0.5, 0.6) is 0 Å². The van der Waals surface area contributed by atoms with Gasteiger partial charge in [-0.15, -0.1) is 0 Å². The van der Waals surface area contributed by atoms with E-state index in [-0.39, 0.29) is 17.6 Å². The summed E-state index contributed by atoms with van der Waals surface area (Å²) in [7, 11) is 1.59. The predicted octanol–water partition coefficient (Wildman–Crippen LogP) is 5.00. The van der Waals surface area contributed by atoms with E-state index in [1.807, 2.05) is 26.8 Å². The maximum atomic E-state index is 11.0. The Labute approximate surface area is 183 Å². The SMILES string of the molecule is CC.CC(=O)CCCCCCC(=O)NO.CCCC.CNC(=O)c1cc(C)ccn1. The summed E-state index contributed by atoms with van der Waals surface area (Å²) in [4.78, 5) is 36.0. The quantitative estimate of drug-likeness (QED) is 0.293. The molecule has 0 aromatic carbocycles. The van der Waals surface area contributed by atoms with Crippen LogP contribution in [0.3, 0.4) is 0 Å². The molecule has 0 bridgehead atoms. The molecular formula is C23H43N3O4. The second kappa shape index (κ2) is 24.8. The highest BCUT2D eigenvalue weighted by Crippen LogP contribution is 2.05. The van der Waals surface area contributed by atoms with E-state index in [4.69, 9.17) is 5.21 Å². The van der Waals surface area contributed by atoms with Gasteiger partial charge in [-0.05, 0) is 44.4 Å².